The van der Waals surface area contributed by atoms with E-state index >= 15 is 0 Å². The van der Waals surface area contributed by atoms with Gasteiger partial charge in [0.15, 0.2) is 0 Å². The largest absolute Gasteiger partial charge is 0.480 e. The summed E-state index contributed by atoms with van der Waals surface area (Å²) in [5.74, 6) is -1.28. The molecule has 0 aliphatic rings. The molecule has 5 nitrogen and oxygen atoms in total. The summed E-state index contributed by atoms with van der Waals surface area (Å²) in [6.45, 7) is 2.00. The normalized spacial score (nSPS) is 12.0. The van der Waals surface area contributed by atoms with Crippen molar-refractivity contribution in [1.29, 1.82) is 0 Å². The van der Waals surface area contributed by atoms with Gasteiger partial charge >= 0.3 is 5.97 Å². The highest BCUT2D eigenvalue weighted by Gasteiger charge is 2.21. The number of benzene rings is 2. The topological polar surface area (TPSA) is 82.2 Å². The molecule has 134 valence electrons. The van der Waals surface area contributed by atoms with Crippen LogP contribution in [0.15, 0.2) is 54.7 Å². The number of aryl methyl sites for hydroxylation is 2. The highest BCUT2D eigenvalue weighted by Crippen LogP contribution is 2.21. The van der Waals surface area contributed by atoms with Crippen LogP contribution >= 0.6 is 0 Å². The minimum atomic E-state index is -1.03. The molecule has 2 aromatic carbocycles. The van der Waals surface area contributed by atoms with Crippen molar-refractivity contribution in [1.82, 2.24) is 10.3 Å². The first kappa shape index (κ1) is 17.7. The summed E-state index contributed by atoms with van der Waals surface area (Å²) in [6.07, 6.45) is 2.91. The molecule has 0 saturated heterocycles. The maximum atomic E-state index is 12.2. The van der Waals surface area contributed by atoms with Crippen molar-refractivity contribution in [2.75, 3.05) is 0 Å². The molecule has 3 aromatic rings. The lowest BCUT2D eigenvalue weighted by Gasteiger charge is -2.14. The van der Waals surface area contributed by atoms with Crippen LogP contribution in [0.1, 0.15) is 23.1 Å². The van der Waals surface area contributed by atoms with Gasteiger partial charge in [-0.3, -0.25) is 4.79 Å². The van der Waals surface area contributed by atoms with E-state index in [-0.39, 0.29) is 18.7 Å². The van der Waals surface area contributed by atoms with E-state index < -0.39 is 12.0 Å². The molecule has 0 fully saturated rings. The molecule has 0 saturated carbocycles. The fourth-order valence-corrected chi connectivity index (χ4v) is 3.05. The van der Waals surface area contributed by atoms with Crippen LogP contribution in [-0.2, 0) is 22.4 Å². The fraction of sp³-hybridized carbons (Fsp3) is 0.238. The number of nitrogens with one attached hydrogen (secondary N) is 2. The second kappa shape index (κ2) is 7.87. The molecule has 0 spiro atoms. The van der Waals surface area contributed by atoms with Gasteiger partial charge in [-0.05, 0) is 36.6 Å². The van der Waals surface area contributed by atoms with Crippen molar-refractivity contribution in [3.05, 3.63) is 71.4 Å². The zero-order valence-corrected chi connectivity index (χ0v) is 14.7. The number of rotatable bonds is 7. The van der Waals surface area contributed by atoms with Gasteiger partial charge in [-0.1, -0.05) is 42.0 Å². The second-order valence-electron chi connectivity index (χ2n) is 6.51. The van der Waals surface area contributed by atoms with Gasteiger partial charge in [-0.2, -0.15) is 0 Å². The number of hydrogen-bond donors (Lipinski definition) is 3. The zero-order chi connectivity index (χ0) is 18.5. The predicted molar refractivity (Wildman–Crippen MR) is 101 cm³/mol. The monoisotopic (exact) mass is 350 g/mol. The Morgan fingerprint density at radius 3 is 2.65 bits per heavy atom. The third-order valence-electron chi connectivity index (χ3n) is 4.46. The standard InChI is InChI=1S/C21H22N2O3/c1-14-7-9-18-17(11-14)16(13-22-18)12-19(21(25)26)23-20(24)10-8-15-5-3-2-4-6-15/h2-7,9,11,13,19,22H,8,10,12H2,1H3,(H,23,24)(H,25,26). The first-order valence-electron chi connectivity index (χ1n) is 8.65. The quantitative estimate of drug-likeness (QED) is 0.612. The summed E-state index contributed by atoms with van der Waals surface area (Å²) in [4.78, 5) is 27.0. The number of aromatic nitrogens is 1. The van der Waals surface area contributed by atoms with Gasteiger partial charge in [0, 0.05) is 29.9 Å². The number of hydrogen-bond acceptors (Lipinski definition) is 2. The van der Waals surface area contributed by atoms with Crippen LogP contribution in [0.2, 0.25) is 0 Å². The minimum Gasteiger partial charge on any atom is -0.480 e. The number of amides is 1. The smallest absolute Gasteiger partial charge is 0.326 e. The van der Waals surface area contributed by atoms with E-state index in [1.807, 2.05) is 61.7 Å². The molecular formula is C21H22N2O3. The molecule has 0 bridgehead atoms. The first-order chi connectivity index (χ1) is 12.5. The van der Waals surface area contributed by atoms with Crippen molar-refractivity contribution < 1.29 is 14.7 Å². The maximum absolute atomic E-state index is 12.2. The molecule has 1 heterocycles. The van der Waals surface area contributed by atoms with E-state index in [0.717, 1.165) is 27.6 Å². The summed E-state index contributed by atoms with van der Waals surface area (Å²) in [7, 11) is 0. The lowest BCUT2D eigenvalue weighted by Crippen LogP contribution is -2.42. The van der Waals surface area contributed by atoms with E-state index in [1.165, 1.54) is 0 Å². The highest BCUT2D eigenvalue weighted by molar-refractivity contribution is 5.87. The third kappa shape index (κ3) is 4.30. The van der Waals surface area contributed by atoms with Crippen LogP contribution in [0.5, 0.6) is 0 Å². The Morgan fingerprint density at radius 2 is 1.92 bits per heavy atom. The molecule has 1 atom stereocenters. The molecule has 0 radical (unpaired) electrons. The third-order valence-corrected chi connectivity index (χ3v) is 4.46. The number of aromatic amines is 1. The van der Waals surface area contributed by atoms with Crippen LogP contribution in [0.4, 0.5) is 0 Å². The van der Waals surface area contributed by atoms with Gasteiger partial charge in [0.2, 0.25) is 5.91 Å². The Bertz CT molecular complexity index is 915. The zero-order valence-electron chi connectivity index (χ0n) is 14.7. The van der Waals surface area contributed by atoms with Crippen molar-refractivity contribution in [2.24, 2.45) is 0 Å². The SMILES string of the molecule is Cc1ccc2[nH]cc(CC(NC(=O)CCc3ccccc3)C(=O)O)c2c1. The van der Waals surface area contributed by atoms with Crippen LogP contribution in [0.25, 0.3) is 10.9 Å². The summed E-state index contributed by atoms with van der Waals surface area (Å²) < 4.78 is 0. The van der Waals surface area contributed by atoms with E-state index in [1.54, 1.807) is 0 Å². The summed E-state index contributed by atoms with van der Waals surface area (Å²) in [5.41, 5.74) is 4.02. The number of carboxylic acids is 1. The minimum absolute atomic E-state index is 0.246. The number of fused-ring (bicyclic) bond motifs is 1. The first-order valence-corrected chi connectivity index (χ1v) is 8.65. The molecule has 1 unspecified atom stereocenters. The van der Waals surface area contributed by atoms with Crippen molar-refractivity contribution >= 4 is 22.8 Å². The van der Waals surface area contributed by atoms with Crippen LogP contribution < -0.4 is 5.32 Å². The number of H-pyrrole nitrogens is 1. The lowest BCUT2D eigenvalue weighted by atomic mass is 10.0. The second-order valence-corrected chi connectivity index (χ2v) is 6.51. The highest BCUT2D eigenvalue weighted by atomic mass is 16.4. The molecule has 1 amide bonds. The Morgan fingerprint density at radius 1 is 1.15 bits per heavy atom. The van der Waals surface area contributed by atoms with Crippen molar-refractivity contribution in [3.63, 3.8) is 0 Å². The summed E-state index contributed by atoms with van der Waals surface area (Å²) in [6, 6.07) is 14.7. The molecule has 0 aliphatic carbocycles. The van der Waals surface area contributed by atoms with Crippen molar-refractivity contribution in [2.45, 2.75) is 32.2 Å². The Kier molecular flexibility index (Phi) is 5.37. The molecule has 3 rings (SSSR count). The van der Waals surface area contributed by atoms with E-state index in [4.69, 9.17) is 0 Å². The molecule has 5 heteroatoms. The van der Waals surface area contributed by atoms with Gasteiger partial charge in [-0.25, -0.2) is 4.79 Å². The average Bonchev–Trinajstić information content (AvgIpc) is 3.02. The summed E-state index contributed by atoms with van der Waals surface area (Å²) >= 11 is 0. The number of carboxylic acid groups (broad SMARTS) is 1. The van der Waals surface area contributed by atoms with Gasteiger partial charge < -0.3 is 15.4 Å². The van der Waals surface area contributed by atoms with Gasteiger partial charge in [0.25, 0.3) is 0 Å². The molecule has 1 aromatic heterocycles. The average molecular weight is 350 g/mol. The van der Waals surface area contributed by atoms with Gasteiger partial charge in [0.05, 0.1) is 0 Å². The lowest BCUT2D eigenvalue weighted by molar-refractivity contribution is -0.141. The number of carbonyl (C=O) groups excluding carboxylic acids is 1. The van der Waals surface area contributed by atoms with E-state index in [0.29, 0.717) is 6.42 Å². The molecular weight excluding hydrogens is 328 g/mol. The van der Waals surface area contributed by atoms with Gasteiger partial charge in [0.1, 0.15) is 6.04 Å². The predicted octanol–water partition coefficient (Wildman–Crippen LogP) is 3.22. The molecule has 26 heavy (non-hydrogen) atoms. The molecule has 3 N–H and O–H groups in total. The maximum Gasteiger partial charge on any atom is 0.326 e. The number of carbonyl (C=O) groups is 2. The molecule has 0 aliphatic heterocycles. The van der Waals surface area contributed by atoms with E-state index in [2.05, 4.69) is 10.3 Å². The van der Waals surface area contributed by atoms with Crippen molar-refractivity contribution in [3.8, 4) is 0 Å². The Labute approximate surface area is 152 Å². The van der Waals surface area contributed by atoms with Crippen LogP contribution in [0.3, 0.4) is 0 Å². The summed E-state index contributed by atoms with van der Waals surface area (Å²) in [5, 5.41) is 13.2. The number of aliphatic carboxylic acids is 1. The Hall–Kier alpha value is -3.08. The van der Waals surface area contributed by atoms with Crippen LogP contribution in [0, 0.1) is 6.92 Å². The van der Waals surface area contributed by atoms with Crippen LogP contribution in [-0.4, -0.2) is 28.0 Å². The fourth-order valence-electron chi connectivity index (χ4n) is 3.05. The Balaban J connectivity index is 1.66. The van der Waals surface area contributed by atoms with Gasteiger partial charge in [-0.15, -0.1) is 0 Å². The van der Waals surface area contributed by atoms with E-state index in [9.17, 15) is 14.7 Å².